The molecule has 3 heteroatoms. The molecule has 0 N–H and O–H groups in total. The third-order valence-corrected chi connectivity index (χ3v) is 2.95. The minimum atomic E-state index is -2.63. The zero-order chi connectivity index (χ0) is 8.40. The SMILES string of the molecule is FC1(F)CCC23OC2C=CC=C13. The maximum Gasteiger partial charge on any atom is 0.272 e. The van der Waals surface area contributed by atoms with E-state index in [9.17, 15) is 8.78 Å². The van der Waals surface area contributed by atoms with Gasteiger partial charge in [0.05, 0.1) is 0 Å². The van der Waals surface area contributed by atoms with Gasteiger partial charge in [0.15, 0.2) is 0 Å². The third-order valence-electron chi connectivity index (χ3n) is 2.95. The van der Waals surface area contributed by atoms with E-state index in [1.54, 1.807) is 6.08 Å². The predicted octanol–water partition coefficient (Wildman–Crippen LogP) is 2.05. The number of alkyl halides is 2. The van der Waals surface area contributed by atoms with E-state index in [4.69, 9.17) is 4.74 Å². The summed E-state index contributed by atoms with van der Waals surface area (Å²) >= 11 is 0. The van der Waals surface area contributed by atoms with Crippen LogP contribution in [-0.2, 0) is 4.74 Å². The van der Waals surface area contributed by atoms with Gasteiger partial charge in [0.1, 0.15) is 11.7 Å². The van der Waals surface area contributed by atoms with Gasteiger partial charge >= 0.3 is 0 Å². The van der Waals surface area contributed by atoms with Gasteiger partial charge in [0.25, 0.3) is 5.92 Å². The average Bonchev–Trinajstić information content (AvgIpc) is 2.69. The normalized spacial score (nSPS) is 46.5. The molecule has 12 heavy (non-hydrogen) atoms. The number of hydrogen-bond donors (Lipinski definition) is 0. The summed E-state index contributed by atoms with van der Waals surface area (Å²) in [5, 5.41) is 0. The van der Waals surface area contributed by atoms with Crippen LogP contribution < -0.4 is 0 Å². The van der Waals surface area contributed by atoms with Gasteiger partial charge in [-0.05, 0) is 6.42 Å². The van der Waals surface area contributed by atoms with Crippen molar-refractivity contribution in [3.8, 4) is 0 Å². The highest BCUT2D eigenvalue weighted by Crippen LogP contribution is 2.60. The number of rotatable bonds is 0. The first kappa shape index (κ1) is 6.78. The molecule has 2 atom stereocenters. The Morgan fingerprint density at radius 1 is 1.42 bits per heavy atom. The second kappa shape index (κ2) is 1.64. The van der Waals surface area contributed by atoms with Crippen LogP contribution in [0.15, 0.2) is 23.8 Å². The van der Waals surface area contributed by atoms with E-state index in [2.05, 4.69) is 0 Å². The number of epoxide rings is 1. The van der Waals surface area contributed by atoms with Crippen LogP contribution in [0.4, 0.5) is 8.78 Å². The first-order valence-electron chi connectivity index (χ1n) is 4.10. The van der Waals surface area contributed by atoms with Crippen LogP contribution in [0.1, 0.15) is 12.8 Å². The molecular formula is C9H8F2O. The molecule has 0 radical (unpaired) electrons. The molecule has 0 amide bonds. The minimum absolute atomic E-state index is 0.0585. The van der Waals surface area contributed by atoms with E-state index < -0.39 is 11.5 Å². The van der Waals surface area contributed by atoms with Crippen molar-refractivity contribution in [3.05, 3.63) is 23.8 Å². The van der Waals surface area contributed by atoms with Gasteiger partial charge in [0, 0.05) is 12.0 Å². The summed E-state index contributed by atoms with van der Waals surface area (Å²) in [5.41, 5.74) is -0.388. The van der Waals surface area contributed by atoms with Gasteiger partial charge in [-0.2, -0.15) is 0 Å². The Kier molecular flexibility index (Phi) is 0.927. The maximum absolute atomic E-state index is 13.2. The van der Waals surface area contributed by atoms with Crippen molar-refractivity contribution in [2.75, 3.05) is 0 Å². The second-order valence-electron chi connectivity index (χ2n) is 3.60. The number of halogens is 2. The molecule has 1 nitrogen and oxygen atoms in total. The Morgan fingerprint density at radius 3 is 3.00 bits per heavy atom. The molecule has 1 aliphatic heterocycles. The fraction of sp³-hybridized carbons (Fsp3) is 0.556. The number of ether oxygens (including phenoxy) is 1. The van der Waals surface area contributed by atoms with Crippen molar-refractivity contribution in [1.82, 2.24) is 0 Å². The smallest absolute Gasteiger partial charge is 0.272 e. The Balaban J connectivity index is 2.12. The van der Waals surface area contributed by atoms with Crippen molar-refractivity contribution in [2.24, 2.45) is 0 Å². The van der Waals surface area contributed by atoms with E-state index in [1.165, 1.54) is 6.08 Å². The molecule has 64 valence electrons. The molecule has 3 rings (SSSR count). The van der Waals surface area contributed by atoms with Crippen molar-refractivity contribution in [2.45, 2.75) is 30.5 Å². The molecule has 1 spiro atoms. The van der Waals surface area contributed by atoms with Gasteiger partial charge in [-0.15, -0.1) is 0 Å². The topological polar surface area (TPSA) is 12.5 Å². The lowest BCUT2D eigenvalue weighted by molar-refractivity contribution is 0.0475. The number of allylic oxidation sites excluding steroid dienone is 2. The van der Waals surface area contributed by atoms with Crippen molar-refractivity contribution in [1.29, 1.82) is 0 Å². The van der Waals surface area contributed by atoms with E-state index in [-0.39, 0.29) is 18.1 Å². The van der Waals surface area contributed by atoms with Crippen molar-refractivity contribution >= 4 is 0 Å². The van der Waals surface area contributed by atoms with E-state index in [0.717, 1.165) is 0 Å². The van der Waals surface area contributed by atoms with Gasteiger partial charge < -0.3 is 4.74 Å². The highest BCUT2D eigenvalue weighted by Gasteiger charge is 2.68. The van der Waals surface area contributed by atoms with Gasteiger partial charge in [-0.25, -0.2) is 8.78 Å². The third kappa shape index (κ3) is 0.578. The Bertz CT molecular complexity index is 306. The first-order chi connectivity index (χ1) is 5.65. The van der Waals surface area contributed by atoms with E-state index in [0.29, 0.717) is 6.42 Å². The zero-order valence-electron chi connectivity index (χ0n) is 6.39. The van der Waals surface area contributed by atoms with Crippen LogP contribution in [0, 0.1) is 0 Å². The fourth-order valence-electron chi connectivity index (χ4n) is 2.24. The Hall–Kier alpha value is -0.700. The lowest BCUT2D eigenvalue weighted by Gasteiger charge is -2.13. The summed E-state index contributed by atoms with van der Waals surface area (Å²) in [5.74, 6) is -2.63. The molecule has 0 aromatic rings. The number of hydrogen-bond acceptors (Lipinski definition) is 1. The summed E-state index contributed by atoms with van der Waals surface area (Å²) in [6.45, 7) is 0. The largest absolute Gasteiger partial charge is 0.357 e. The fourth-order valence-corrected chi connectivity index (χ4v) is 2.24. The van der Waals surface area contributed by atoms with Crippen LogP contribution in [0.5, 0.6) is 0 Å². The highest BCUT2D eigenvalue weighted by molar-refractivity contribution is 5.46. The van der Waals surface area contributed by atoms with E-state index >= 15 is 0 Å². The Labute approximate surface area is 68.7 Å². The summed E-state index contributed by atoms with van der Waals surface area (Å²) in [4.78, 5) is 0. The van der Waals surface area contributed by atoms with Crippen LogP contribution in [0.2, 0.25) is 0 Å². The molecule has 1 heterocycles. The molecule has 1 saturated heterocycles. The molecule has 0 aromatic heterocycles. The summed E-state index contributed by atoms with van der Waals surface area (Å²) in [7, 11) is 0. The molecule has 1 saturated carbocycles. The monoisotopic (exact) mass is 170 g/mol. The maximum atomic E-state index is 13.2. The molecular weight excluding hydrogens is 162 g/mol. The quantitative estimate of drug-likeness (QED) is 0.507. The molecule has 0 aromatic carbocycles. The van der Waals surface area contributed by atoms with Gasteiger partial charge in [-0.1, -0.05) is 18.2 Å². The predicted molar refractivity (Wildman–Crippen MR) is 39.0 cm³/mol. The minimum Gasteiger partial charge on any atom is -0.357 e. The molecule has 2 unspecified atom stereocenters. The van der Waals surface area contributed by atoms with E-state index in [1.807, 2.05) is 6.08 Å². The van der Waals surface area contributed by atoms with Gasteiger partial charge in [0.2, 0.25) is 0 Å². The first-order valence-corrected chi connectivity index (χ1v) is 4.10. The van der Waals surface area contributed by atoms with Crippen LogP contribution in [0.3, 0.4) is 0 Å². The molecule has 3 aliphatic rings. The highest BCUT2D eigenvalue weighted by atomic mass is 19.3. The average molecular weight is 170 g/mol. The second-order valence-corrected chi connectivity index (χ2v) is 3.60. The van der Waals surface area contributed by atoms with Crippen LogP contribution >= 0.6 is 0 Å². The zero-order valence-corrected chi connectivity index (χ0v) is 6.39. The summed E-state index contributed by atoms with van der Waals surface area (Å²) in [6.07, 6.45) is 5.38. The lowest BCUT2D eigenvalue weighted by Crippen LogP contribution is -2.22. The standard InChI is InChI=1S/C9H8F2O/c10-9(11)5-4-8-6(9)2-1-3-7(8)12-8/h1-3,7H,4-5H2. The molecule has 2 aliphatic carbocycles. The van der Waals surface area contributed by atoms with Crippen molar-refractivity contribution < 1.29 is 13.5 Å². The van der Waals surface area contributed by atoms with Crippen LogP contribution in [-0.4, -0.2) is 17.6 Å². The lowest BCUT2D eigenvalue weighted by atomic mass is 9.93. The van der Waals surface area contributed by atoms with Crippen molar-refractivity contribution in [3.63, 3.8) is 0 Å². The van der Waals surface area contributed by atoms with Crippen LogP contribution in [0.25, 0.3) is 0 Å². The van der Waals surface area contributed by atoms with Gasteiger partial charge in [-0.3, -0.25) is 0 Å². The Morgan fingerprint density at radius 2 is 2.25 bits per heavy atom. The molecule has 0 bridgehead atoms. The summed E-state index contributed by atoms with van der Waals surface area (Å²) in [6, 6.07) is 0. The summed E-state index contributed by atoms with van der Waals surface area (Å²) < 4.78 is 31.6. The molecule has 2 fully saturated rings.